The minimum absolute atomic E-state index is 0.455. The van der Waals surface area contributed by atoms with Gasteiger partial charge in [-0.15, -0.1) is 0 Å². The fraction of sp³-hybridized carbons (Fsp3) is 0. The first-order valence-corrected chi connectivity index (χ1v) is 11.3. The first-order valence-electron chi connectivity index (χ1n) is 11.3. The molecule has 0 heterocycles. The van der Waals surface area contributed by atoms with Gasteiger partial charge in [-0.25, -0.2) is 0 Å². The van der Waals surface area contributed by atoms with E-state index in [9.17, 15) is 10.0 Å². The summed E-state index contributed by atoms with van der Waals surface area (Å²) in [6.45, 7) is 0. The second kappa shape index (κ2) is 9.80. The van der Waals surface area contributed by atoms with E-state index >= 15 is 0 Å². The van der Waals surface area contributed by atoms with E-state index in [-0.39, 0.29) is 0 Å². The third kappa shape index (κ3) is 4.37. The van der Waals surface area contributed by atoms with Crippen LogP contribution in [0.4, 0.5) is 17.1 Å². The first-order chi connectivity index (χ1) is 16.7. The van der Waals surface area contributed by atoms with Gasteiger partial charge >= 0.3 is 7.12 Å². The monoisotopic (exact) mass is 441 g/mol. The fourth-order valence-electron chi connectivity index (χ4n) is 4.26. The van der Waals surface area contributed by atoms with E-state index in [1.54, 1.807) is 12.1 Å². The van der Waals surface area contributed by atoms with Gasteiger partial charge < -0.3 is 14.9 Å². The summed E-state index contributed by atoms with van der Waals surface area (Å²) in [7, 11) is -1.50. The Balaban J connectivity index is 1.75. The number of para-hydroxylation sites is 2. The zero-order valence-electron chi connectivity index (χ0n) is 18.6. The van der Waals surface area contributed by atoms with Crippen molar-refractivity contribution in [3.8, 4) is 22.3 Å². The summed E-state index contributed by atoms with van der Waals surface area (Å²) in [4.78, 5) is 2.23. The summed E-state index contributed by atoms with van der Waals surface area (Å²) in [6, 6.07) is 44.8. The van der Waals surface area contributed by atoms with Crippen molar-refractivity contribution in [1.82, 2.24) is 0 Å². The van der Waals surface area contributed by atoms with Crippen molar-refractivity contribution in [3.05, 3.63) is 133 Å². The molecule has 3 nitrogen and oxygen atoms in total. The molecule has 5 aromatic carbocycles. The zero-order chi connectivity index (χ0) is 23.3. The van der Waals surface area contributed by atoms with Crippen LogP contribution in [0, 0.1) is 0 Å². The Morgan fingerprint density at radius 1 is 0.441 bits per heavy atom. The lowest BCUT2D eigenvalue weighted by Gasteiger charge is -2.30. The van der Waals surface area contributed by atoms with Crippen LogP contribution < -0.4 is 10.4 Å². The van der Waals surface area contributed by atoms with Gasteiger partial charge in [0, 0.05) is 16.8 Å². The molecule has 164 valence electrons. The highest BCUT2D eigenvalue weighted by Gasteiger charge is 2.20. The molecule has 0 unspecified atom stereocenters. The molecule has 0 atom stereocenters. The van der Waals surface area contributed by atoms with Crippen molar-refractivity contribution in [1.29, 1.82) is 0 Å². The summed E-state index contributed by atoms with van der Waals surface area (Å²) < 4.78 is 0. The van der Waals surface area contributed by atoms with Crippen LogP contribution in [-0.2, 0) is 0 Å². The molecule has 0 aliphatic carbocycles. The van der Waals surface area contributed by atoms with Crippen molar-refractivity contribution >= 4 is 29.6 Å². The van der Waals surface area contributed by atoms with Gasteiger partial charge in [0.25, 0.3) is 0 Å². The molecule has 0 radical (unpaired) electrons. The van der Waals surface area contributed by atoms with E-state index in [1.807, 2.05) is 60.7 Å². The van der Waals surface area contributed by atoms with Gasteiger partial charge in [0.15, 0.2) is 0 Å². The summed E-state index contributed by atoms with van der Waals surface area (Å²) in [5, 5.41) is 19.2. The van der Waals surface area contributed by atoms with Crippen LogP contribution in [0.5, 0.6) is 0 Å². The Bertz CT molecular complexity index is 1290. The normalized spacial score (nSPS) is 10.6. The number of hydrogen-bond acceptors (Lipinski definition) is 3. The summed E-state index contributed by atoms with van der Waals surface area (Å²) in [5.74, 6) is 0. The van der Waals surface area contributed by atoms with Gasteiger partial charge in [-0.2, -0.15) is 0 Å². The molecule has 5 aromatic rings. The van der Waals surface area contributed by atoms with Gasteiger partial charge in [-0.3, -0.25) is 0 Å². The van der Waals surface area contributed by atoms with Crippen LogP contribution in [0.1, 0.15) is 0 Å². The number of hydrogen-bond donors (Lipinski definition) is 2. The standard InChI is InChI=1S/C30H24BNO2/c33-31(34)25-19-21-26(22-20-25)32(29-17-9-7-15-27(29)23-11-3-1-4-12-23)30-18-10-8-16-28(30)24-13-5-2-6-14-24/h1-22,33-34H. The maximum atomic E-state index is 9.61. The highest BCUT2D eigenvalue weighted by molar-refractivity contribution is 6.58. The average Bonchev–Trinajstić information content (AvgIpc) is 2.91. The minimum Gasteiger partial charge on any atom is -0.423 e. The third-order valence-electron chi connectivity index (χ3n) is 5.91. The topological polar surface area (TPSA) is 43.7 Å². The van der Waals surface area contributed by atoms with Crippen LogP contribution in [0.25, 0.3) is 22.3 Å². The van der Waals surface area contributed by atoms with Gasteiger partial charge in [-0.05, 0) is 40.9 Å². The highest BCUT2D eigenvalue weighted by atomic mass is 16.4. The third-order valence-corrected chi connectivity index (χ3v) is 5.91. The largest absolute Gasteiger partial charge is 0.488 e. The quantitative estimate of drug-likeness (QED) is 0.310. The van der Waals surface area contributed by atoms with Crippen LogP contribution in [0.15, 0.2) is 133 Å². The van der Waals surface area contributed by atoms with Crippen molar-refractivity contribution in [2.75, 3.05) is 4.90 Å². The number of nitrogens with zero attached hydrogens (tertiary/aromatic N) is 1. The molecule has 0 amide bonds. The molecule has 2 N–H and O–H groups in total. The van der Waals surface area contributed by atoms with Gasteiger partial charge in [-0.1, -0.05) is 109 Å². The molecular weight excluding hydrogens is 417 g/mol. The minimum atomic E-state index is -1.50. The molecule has 5 rings (SSSR count). The zero-order valence-corrected chi connectivity index (χ0v) is 18.6. The van der Waals surface area contributed by atoms with E-state index < -0.39 is 7.12 Å². The maximum absolute atomic E-state index is 9.61. The van der Waals surface area contributed by atoms with E-state index in [0.29, 0.717) is 5.46 Å². The van der Waals surface area contributed by atoms with Crippen LogP contribution >= 0.6 is 0 Å². The maximum Gasteiger partial charge on any atom is 0.488 e. The van der Waals surface area contributed by atoms with Crippen molar-refractivity contribution in [2.45, 2.75) is 0 Å². The molecule has 0 fully saturated rings. The molecule has 0 aliphatic heterocycles. The van der Waals surface area contributed by atoms with Crippen molar-refractivity contribution in [3.63, 3.8) is 0 Å². The highest BCUT2D eigenvalue weighted by Crippen LogP contribution is 2.44. The van der Waals surface area contributed by atoms with Gasteiger partial charge in [0.1, 0.15) is 0 Å². The lowest BCUT2D eigenvalue weighted by molar-refractivity contribution is 0.426. The SMILES string of the molecule is OB(O)c1ccc(N(c2ccccc2-c2ccccc2)c2ccccc2-c2ccccc2)cc1. The van der Waals surface area contributed by atoms with Crippen molar-refractivity contribution in [2.24, 2.45) is 0 Å². The van der Waals surface area contributed by atoms with Gasteiger partial charge in [0.2, 0.25) is 0 Å². The summed E-state index contributed by atoms with van der Waals surface area (Å²) >= 11 is 0. The van der Waals surface area contributed by atoms with Gasteiger partial charge in [0.05, 0.1) is 11.4 Å². The van der Waals surface area contributed by atoms with Crippen LogP contribution in [-0.4, -0.2) is 17.2 Å². The average molecular weight is 441 g/mol. The second-order valence-corrected chi connectivity index (χ2v) is 8.07. The van der Waals surface area contributed by atoms with E-state index in [4.69, 9.17) is 0 Å². The van der Waals surface area contributed by atoms with Crippen LogP contribution in [0.2, 0.25) is 0 Å². The Morgan fingerprint density at radius 2 is 0.853 bits per heavy atom. The van der Waals surface area contributed by atoms with Crippen molar-refractivity contribution < 1.29 is 10.0 Å². The molecule has 0 spiro atoms. The molecule has 0 bridgehead atoms. The Hall–Kier alpha value is -4.12. The van der Waals surface area contributed by atoms with E-state index in [2.05, 4.69) is 65.6 Å². The van der Waals surface area contributed by atoms with E-state index in [0.717, 1.165) is 39.3 Å². The Kier molecular flexibility index (Phi) is 6.26. The first kappa shape index (κ1) is 21.7. The molecule has 0 aromatic heterocycles. The molecule has 34 heavy (non-hydrogen) atoms. The number of benzene rings is 5. The number of anilines is 3. The predicted molar refractivity (Wildman–Crippen MR) is 142 cm³/mol. The molecule has 0 saturated heterocycles. The van der Waals surface area contributed by atoms with Crippen LogP contribution in [0.3, 0.4) is 0 Å². The Morgan fingerprint density at radius 3 is 1.29 bits per heavy atom. The smallest absolute Gasteiger partial charge is 0.423 e. The molecule has 0 aliphatic rings. The fourth-order valence-corrected chi connectivity index (χ4v) is 4.26. The second-order valence-electron chi connectivity index (χ2n) is 8.07. The molecule has 0 saturated carbocycles. The predicted octanol–water partition coefficient (Wildman–Crippen LogP) is 6.17. The molecule has 4 heteroatoms. The Labute approximate surface area is 200 Å². The lowest BCUT2D eigenvalue weighted by Crippen LogP contribution is -2.29. The molecular formula is C30H24BNO2. The summed E-state index contributed by atoms with van der Waals surface area (Å²) in [6.07, 6.45) is 0. The van der Waals surface area contributed by atoms with E-state index in [1.165, 1.54) is 0 Å². The summed E-state index contributed by atoms with van der Waals surface area (Å²) in [5.41, 5.74) is 7.93. The lowest BCUT2D eigenvalue weighted by atomic mass is 9.80. The number of rotatable bonds is 6.